The van der Waals surface area contributed by atoms with Gasteiger partial charge in [-0.2, -0.15) is 0 Å². The zero-order valence-corrected chi connectivity index (χ0v) is 13.3. The third-order valence-electron chi connectivity index (χ3n) is 2.65. The van der Waals surface area contributed by atoms with Crippen LogP contribution in [0.5, 0.6) is 11.5 Å². The summed E-state index contributed by atoms with van der Waals surface area (Å²) < 4.78 is 15.9. The summed E-state index contributed by atoms with van der Waals surface area (Å²) in [5.74, 6) is 0.763. The summed E-state index contributed by atoms with van der Waals surface area (Å²) in [5.41, 5.74) is -0.0335. The molecule has 0 aliphatic rings. The van der Waals surface area contributed by atoms with E-state index in [9.17, 15) is 10.1 Å². The molecule has 0 unspecified atom stereocenters. The lowest BCUT2D eigenvalue weighted by Crippen LogP contribution is -2.22. The van der Waals surface area contributed by atoms with Crippen LogP contribution >= 0.6 is 0 Å². The number of methoxy groups -OCH3 is 1. The van der Waals surface area contributed by atoms with E-state index in [2.05, 4.69) is 19.6 Å². The maximum atomic E-state index is 10.7. The number of nitrogens with zero attached hydrogens (tertiary/aromatic N) is 1. The first-order valence-corrected chi connectivity index (χ1v) is 10.1. The first-order chi connectivity index (χ1) is 9.33. The van der Waals surface area contributed by atoms with Gasteiger partial charge in [0.1, 0.15) is 0 Å². The molecule has 7 heteroatoms. The van der Waals surface area contributed by atoms with Gasteiger partial charge in [0.2, 0.25) is 0 Å². The Labute approximate surface area is 119 Å². The highest BCUT2D eigenvalue weighted by Crippen LogP contribution is 2.31. The number of nitro groups is 1. The van der Waals surface area contributed by atoms with Gasteiger partial charge >= 0.3 is 0 Å². The zero-order chi connectivity index (χ0) is 15.2. The first-order valence-electron chi connectivity index (χ1n) is 6.36. The largest absolute Gasteiger partial charge is 0.493 e. The molecule has 0 radical (unpaired) electrons. The van der Waals surface area contributed by atoms with E-state index in [0.29, 0.717) is 18.1 Å². The average molecular weight is 299 g/mol. The molecule has 1 rings (SSSR count). The summed E-state index contributed by atoms with van der Waals surface area (Å²) in [4.78, 5) is 10.2. The molecule has 0 N–H and O–H groups in total. The molecule has 0 aliphatic heterocycles. The number of rotatable bonds is 8. The Morgan fingerprint density at radius 1 is 1.25 bits per heavy atom. The molecule has 0 amide bonds. The fraction of sp³-hybridized carbons (Fsp3) is 0.538. The van der Waals surface area contributed by atoms with E-state index in [1.165, 1.54) is 25.3 Å². The number of non-ortho nitro benzene ring substituents is 1. The highest BCUT2D eigenvalue weighted by molar-refractivity contribution is 6.76. The fourth-order valence-electron chi connectivity index (χ4n) is 1.43. The number of hydrogen-bond acceptors (Lipinski definition) is 5. The number of benzene rings is 1. The number of nitro benzene ring substituents is 1. The minimum Gasteiger partial charge on any atom is -0.493 e. The first kappa shape index (κ1) is 16.5. The third-order valence-corrected chi connectivity index (χ3v) is 4.36. The SMILES string of the molecule is COc1cc([N+](=O)[O-])ccc1OCOCC[Si](C)(C)C. The van der Waals surface area contributed by atoms with E-state index >= 15 is 0 Å². The molecular weight excluding hydrogens is 278 g/mol. The van der Waals surface area contributed by atoms with Gasteiger partial charge in [-0.3, -0.25) is 10.1 Å². The second kappa shape index (κ2) is 7.25. The predicted molar refractivity (Wildman–Crippen MR) is 79.2 cm³/mol. The molecule has 1 aromatic carbocycles. The van der Waals surface area contributed by atoms with Crippen LogP contribution in [0.4, 0.5) is 5.69 Å². The van der Waals surface area contributed by atoms with E-state index in [-0.39, 0.29) is 12.5 Å². The lowest BCUT2D eigenvalue weighted by Gasteiger charge is -2.16. The van der Waals surface area contributed by atoms with E-state index in [0.717, 1.165) is 6.04 Å². The topological polar surface area (TPSA) is 70.8 Å². The van der Waals surface area contributed by atoms with Crippen LogP contribution in [0.2, 0.25) is 25.7 Å². The molecule has 0 aromatic heterocycles. The molecule has 112 valence electrons. The van der Waals surface area contributed by atoms with Crippen molar-refractivity contribution < 1.29 is 19.1 Å². The quantitative estimate of drug-likeness (QED) is 0.242. The van der Waals surface area contributed by atoms with Crippen LogP contribution in [0.1, 0.15) is 0 Å². The van der Waals surface area contributed by atoms with Gasteiger partial charge in [0.15, 0.2) is 18.3 Å². The second-order valence-electron chi connectivity index (χ2n) is 5.57. The Balaban J connectivity index is 2.49. The van der Waals surface area contributed by atoms with Crippen molar-refractivity contribution in [1.82, 2.24) is 0 Å². The van der Waals surface area contributed by atoms with Crippen molar-refractivity contribution >= 4 is 13.8 Å². The van der Waals surface area contributed by atoms with Gasteiger partial charge in [-0.15, -0.1) is 0 Å². The summed E-state index contributed by atoms with van der Waals surface area (Å²) in [5, 5.41) is 10.7. The van der Waals surface area contributed by atoms with Gasteiger partial charge in [-0.1, -0.05) is 19.6 Å². The van der Waals surface area contributed by atoms with Crippen molar-refractivity contribution in [2.45, 2.75) is 25.7 Å². The normalized spacial score (nSPS) is 11.2. The summed E-state index contributed by atoms with van der Waals surface area (Å²) in [7, 11) is 0.338. The van der Waals surface area contributed by atoms with Gasteiger partial charge in [0, 0.05) is 20.7 Å². The van der Waals surface area contributed by atoms with Gasteiger partial charge < -0.3 is 14.2 Å². The zero-order valence-electron chi connectivity index (χ0n) is 12.3. The summed E-state index contributed by atoms with van der Waals surface area (Å²) in [6, 6.07) is 5.28. The third kappa shape index (κ3) is 5.58. The Morgan fingerprint density at radius 2 is 1.95 bits per heavy atom. The Bertz CT molecular complexity index is 459. The van der Waals surface area contributed by atoms with E-state index in [4.69, 9.17) is 14.2 Å². The molecule has 0 bridgehead atoms. The van der Waals surface area contributed by atoms with Gasteiger partial charge in [0.05, 0.1) is 18.1 Å². The predicted octanol–water partition coefficient (Wildman–Crippen LogP) is 3.29. The maximum Gasteiger partial charge on any atom is 0.273 e. The van der Waals surface area contributed by atoms with Crippen LogP contribution in [0.15, 0.2) is 18.2 Å². The lowest BCUT2D eigenvalue weighted by atomic mass is 10.3. The van der Waals surface area contributed by atoms with Crippen molar-refractivity contribution in [2.75, 3.05) is 20.5 Å². The Kier molecular flexibility index (Phi) is 5.96. The van der Waals surface area contributed by atoms with Crippen LogP contribution in [0.3, 0.4) is 0 Å². The monoisotopic (exact) mass is 299 g/mol. The van der Waals surface area contributed by atoms with Gasteiger partial charge in [-0.05, 0) is 12.1 Å². The number of ether oxygens (including phenoxy) is 3. The van der Waals surface area contributed by atoms with Crippen molar-refractivity contribution in [3.8, 4) is 11.5 Å². The van der Waals surface area contributed by atoms with Crippen molar-refractivity contribution in [3.05, 3.63) is 28.3 Å². The van der Waals surface area contributed by atoms with E-state index < -0.39 is 13.0 Å². The maximum absolute atomic E-state index is 10.7. The van der Waals surface area contributed by atoms with Crippen LogP contribution in [0.25, 0.3) is 0 Å². The fourth-order valence-corrected chi connectivity index (χ4v) is 2.19. The molecule has 0 saturated heterocycles. The van der Waals surface area contributed by atoms with E-state index in [1.807, 2.05) is 0 Å². The van der Waals surface area contributed by atoms with Crippen LogP contribution < -0.4 is 9.47 Å². The Morgan fingerprint density at radius 3 is 2.50 bits per heavy atom. The minimum atomic E-state index is -1.10. The molecule has 0 spiro atoms. The second-order valence-corrected chi connectivity index (χ2v) is 11.2. The minimum absolute atomic E-state index is 0.0335. The molecule has 0 heterocycles. The summed E-state index contributed by atoms with van der Waals surface area (Å²) in [6.45, 7) is 7.59. The van der Waals surface area contributed by atoms with Crippen molar-refractivity contribution in [3.63, 3.8) is 0 Å². The van der Waals surface area contributed by atoms with Crippen LogP contribution in [-0.2, 0) is 4.74 Å². The molecule has 0 fully saturated rings. The Hall–Kier alpha value is -1.60. The molecule has 6 nitrogen and oxygen atoms in total. The highest BCUT2D eigenvalue weighted by Gasteiger charge is 2.13. The van der Waals surface area contributed by atoms with Crippen LogP contribution in [0, 0.1) is 10.1 Å². The number of hydrogen-bond donors (Lipinski definition) is 0. The average Bonchev–Trinajstić information content (AvgIpc) is 2.36. The standard InChI is InChI=1S/C13H21NO5Si/c1-17-13-9-11(14(15)16)5-6-12(13)19-10-18-7-8-20(2,3)4/h5-6,9H,7-8,10H2,1-4H3. The summed E-state index contributed by atoms with van der Waals surface area (Å²) in [6.07, 6.45) is 0. The smallest absolute Gasteiger partial charge is 0.273 e. The molecule has 0 atom stereocenters. The van der Waals surface area contributed by atoms with Gasteiger partial charge in [0.25, 0.3) is 5.69 Å². The molecule has 0 saturated carbocycles. The highest BCUT2D eigenvalue weighted by atomic mass is 28.3. The van der Waals surface area contributed by atoms with Crippen molar-refractivity contribution in [2.24, 2.45) is 0 Å². The molecule has 20 heavy (non-hydrogen) atoms. The molecular formula is C13H21NO5Si. The summed E-state index contributed by atoms with van der Waals surface area (Å²) >= 11 is 0. The molecule has 0 aliphatic carbocycles. The lowest BCUT2D eigenvalue weighted by molar-refractivity contribution is -0.385. The van der Waals surface area contributed by atoms with E-state index in [1.54, 1.807) is 0 Å². The van der Waals surface area contributed by atoms with Crippen LogP contribution in [-0.4, -0.2) is 33.5 Å². The van der Waals surface area contributed by atoms with Crippen molar-refractivity contribution in [1.29, 1.82) is 0 Å². The van der Waals surface area contributed by atoms with Gasteiger partial charge in [-0.25, -0.2) is 0 Å². The molecule has 1 aromatic rings.